The van der Waals surface area contributed by atoms with Crippen LogP contribution in [0.15, 0.2) is 24.3 Å². The van der Waals surface area contributed by atoms with E-state index in [1.54, 1.807) is 12.1 Å². The van der Waals surface area contributed by atoms with Gasteiger partial charge < -0.3 is 15.3 Å². The monoisotopic (exact) mass is 305 g/mol. The molecule has 1 aromatic rings. The molecule has 0 aromatic heterocycles. The van der Waals surface area contributed by atoms with Crippen LogP contribution in [0.1, 0.15) is 22.8 Å². The maximum Gasteiger partial charge on any atom is 0.325 e. The highest BCUT2D eigenvalue weighted by atomic mass is 16.4. The minimum atomic E-state index is -1.04. The number of piperazine rings is 1. The van der Waals surface area contributed by atoms with Gasteiger partial charge in [-0.2, -0.15) is 0 Å². The molecule has 120 valence electrons. The zero-order valence-corrected chi connectivity index (χ0v) is 13.1. The first kappa shape index (κ1) is 16.5. The molecule has 1 unspecified atom stereocenters. The number of carboxylic acid groups (broad SMARTS) is 1. The Morgan fingerprint density at radius 3 is 2.32 bits per heavy atom. The largest absolute Gasteiger partial charge is 0.480 e. The van der Waals surface area contributed by atoms with Gasteiger partial charge in [-0.05, 0) is 31.7 Å². The fourth-order valence-corrected chi connectivity index (χ4v) is 2.37. The Bertz CT molecular complexity index is 522. The molecule has 0 spiro atoms. The van der Waals surface area contributed by atoms with Crippen molar-refractivity contribution in [1.82, 2.24) is 15.1 Å². The molecule has 1 aliphatic heterocycles. The van der Waals surface area contributed by atoms with Crippen LogP contribution in [0, 0.1) is 0 Å². The lowest BCUT2D eigenvalue weighted by Crippen LogP contribution is -2.43. The van der Waals surface area contributed by atoms with Crippen molar-refractivity contribution >= 4 is 11.9 Å². The predicted molar refractivity (Wildman–Crippen MR) is 83.8 cm³/mol. The molecular weight excluding hydrogens is 282 g/mol. The lowest BCUT2D eigenvalue weighted by atomic mass is 10.1. The van der Waals surface area contributed by atoms with Gasteiger partial charge in [-0.1, -0.05) is 12.1 Å². The van der Waals surface area contributed by atoms with Crippen molar-refractivity contribution in [2.75, 3.05) is 33.2 Å². The number of carbonyl (C=O) groups excluding carboxylic acids is 1. The van der Waals surface area contributed by atoms with Crippen LogP contribution in [-0.2, 0) is 11.3 Å². The van der Waals surface area contributed by atoms with E-state index >= 15 is 0 Å². The van der Waals surface area contributed by atoms with Gasteiger partial charge in [0.25, 0.3) is 5.91 Å². The first-order chi connectivity index (χ1) is 10.5. The number of hydrogen-bond acceptors (Lipinski definition) is 4. The minimum Gasteiger partial charge on any atom is -0.480 e. The Morgan fingerprint density at radius 2 is 1.77 bits per heavy atom. The number of rotatable bonds is 5. The van der Waals surface area contributed by atoms with Gasteiger partial charge in [0.05, 0.1) is 0 Å². The molecule has 2 N–H and O–H groups in total. The molecule has 1 fully saturated rings. The van der Waals surface area contributed by atoms with Crippen molar-refractivity contribution in [3.8, 4) is 0 Å². The molecule has 1 heterocycles. The van der Waals surface area contributed by atoms with E-state index in [0.717, 1.165) is 38.3 Å². The molecule has 1 aromatic carbocycles. The Morgan fingerprint density at radius 1 is 1.18 bits per heavy atom. The van der Waals surface area contributed by atoms with Gasteiger partial charge in [0, 0.05) is 38.3 Å². The van der Waals surface area contributed by atoms with E-state index in [2.05, 4.69) is 22.2 Å². The van der Waals surface area contributed by atoms with Crippen LogP contribution in [0.5, 0.6) is 0 Å². The summed E-state index contributed by atoms with van der Waals surface area (Å²) in [4.78, 5) is 27.4. The van der Waals surface area contributed by atoms with Crippen molar-refractivity contribution in [3.05, 3.63) is 35.4 Å². The van der Waals surface area contributed by atoms with Crippen LogP contribution in [-0.4, -0.2) is 66.1 Å². The molecule has 1 aliphatic rings. The molecule has 0 aliphatic carbocycles. The number of nitrogens with one attached hydrogen (secondary N) is 1. The summed E-state index contributed by atoms with van der Waals surface area (Å²) in [5.74, 6) is -1.40. The molecule has 1 saturated heterocycles. The molecule has 1 amide bonds. The van der Waals surface area contributed by atoms with E-state index in [1.807, 2.05) is 12.1 Å². The van der Waals surface area contributed by atoms with E-state index < -0.39 is 12.0 Å². The fourth-order valence-electron chi connectivity index (χ4n) is 2.37. The number of hydrogen-bond donors (Lipinski definition) is 2. The van der Waals surface area contributed by atoms with Crippen LogP contribution in [0.4, 0.5) is 0 Å². The standard InChI is InChI=1S/C16H23N3O3/c1-12(16(21)22)17-15(20)14-5-3-13(4-6-14)11-19-9-7-18(2)8-10-19/h3-6,12H,7-11H2,1-2H3,(H,17,20)(H,21,22). The second kappa shape index (κ2) is 7.38. The SMILES string of the molecule is CC(NC(=O)c1ccc(CN2CCN(C)CC2)cc1)C(=O)O. The van der Waals surface area contributed by atoms with Crippen molar-refractivity contribution in [3.63, 3.8) is 0 Å². The molecule has 6 nitrogen and oxygen atoms in total. The minimum absolute atomic E-state index is 0.360. The Balaban J connectivity index is 1.90. The maximum atomic E-state index is 11.9. The quantitative estimate of drug-likeness (QED) is 0.835. The third kappa shape index (κ3) is 4.54. The number of amides is 1. The van der Waals surface area contributed by atoms with E-state index in [9.17, 15) is 9.59 Å². The maximum absolute atomic E-state index is 11.9. The Labute approximate surface area is 130 Å². The zero-order chi connectivity index (χ0) is 16.1. The summed E-state index contributed by atoms with van der Waals surface area (Å²) < 4.78 is 0. The van der Waals surface area contributed by atoms with Gasteiger partial charge in [-0.15, -0.1) is 0 Å². The Hall–Kier alpha value is -1.92. The average molecular weight is 305 g/mol. The molecule has 0 radical (unpaired) electrons. The van der Waals surface area contributed by atoms with Gasteiger partial charge in [0.15, 0.2) is 0 Å². The van der Waals surface area contributed by atoms with Crippen molar-refractivity contribution in [2.24, 2.45) is 0 Å². The fraction of sp³-hybridized carbons (Fsp3) is 0.500. The highest BCUT2D eigenvalue weighted by Gasteiger charge is 2.16. The first-order valence-electron chi connectivity index (χ1n) is 7.49. The summed E-state index contributed by atoms with van der Waals surface area (Å²) in [7, 11) is 2.13. The summed E-state index contributed by atoms with van der Waals surface area (Å²) in [6.07, 6.45) is 0. The van der Waals surface area contributed by atoms with Crippen LogP contribution in [0.25, 0.3) is 0 Å². The highest BCUT2D eigenvalue weighted by molar-refractivity contribution is 5.96. The van der Waals surface area contributed by atoms with Gasteiger partial charge >= 0.3 is 5.97 Å². The number of likely N-dealkylation sites (N-methyl/N-ethyl adjacent to an activating group) is 1. The van der Waals surface area contributed by atoms with Crippen molar-refractivity contribution < 1.29 is 14.7 Å². The van der Waals surface area contributed by atoms with Gasteiger partial charge in [0.2, 0.25) is 0 Å². The van der Waals surface area contributed by atoms with Crippen molar-refractivity contribution in [2.45, 2.75) is 19.5 Å². The number of carboxylic acids is 1. The van der Waals surface area contributed by atoms with Crippen LogP contribution < -0.4 is 5.32 Å². The van der Waals surface area contributed by atoms with E-state index in [-0.39, 0.29) is 5.91 Å². The molecule has 6 heteroatoms. The summed E-state index contributed by atoms with van der Waals surface area (Å²) in [5.41, 5.74) is 1.64. The van der Waals surface area contributed by atoms with Crippen LogP contribution in [0.3, 0.4) is 0 Å². The number of carbonyl (C=O) groups is 2. The third-order valence-electron chi connectivity index (χ3n) is 3.94. The second-order valence-electron chi connectivity index (χ2n) is 5.81. The number of benzene rings is 1. The number of nitrogens with zero attached hydrogens (tertiary/aromatic N) is 2. The predicted octanol–water partition coefficient (Wildman–Crippen LogP) is 0.637. The second-order valence-corrected chi connectivity index (χ2v) is 5.81. The van der Waals surface area contributed by atoms with Crippen LogP contribution in [0.2, 0.25) is 0 Å². The van der Waals surface area contributed by atoms with Gasteiger partial charge in [-0.3, -0.25) is 14.5 Å². The van der Waals surface area contributed by atoms with E-state index in [4.69, 9.17) is 5.11 Å². The van der Waals surface area contributed by atoms with E-state index in [0.29, 0.717) is 5.56 Å². The van der Waals surface area contributed by atoms with Gasteiger partial charge in [-0.25, -0.2) is 0 Å². The summed E-state index contributed by atoms with van der Waals surface area (Å²) >= 11 is 0. The molecule has 1 atom stereocenters. The molecule has 0 saturated carbocycles. The highest BCUT2D eigenvalue weighted by Crippen LogP contribution is 2.10. The molecular formula is C16H23N3O3. The molecule has 22 heavy (non-hydrogen) atoms. The smallest absolute Gasteiger partial charge is 0.325 e. The third-order valence-corrected chi connectivity index (χ3v) is 3.94. The van der Waals surface area contributed by atoms with Crippen LogP contribution >= 0.6 is 0 Å². The van der Waals surface area contributed by atoms with E-state index in [1.165, 1.54) is 6.92 Å². The topological polar surface area (TPSA) is 72.9 Å². The molecule has 2 rings (SSSR count). The lowest BCUT2D eigenvalue weighted by molar-refractivity contribution is -0.138. The van der Waals surface area contributed by atoms with Gasteiger partial charge in [0.1, 0.15) is 6.04 Å². The van der Waals surface area contributed by atoms with Crippen molar-refractivity contribution in [1.29, 1.82) is 0 Å². The first-order valence-corrected chi connectivity index (χ1v) is 7.49. The summed E-state index contributed by atoms with van der Waals surface area (Å²) in [5, 5.41) is 11.2. The number of aliphatic carboxylic acids is 1. The average Bonchev–Trinajstić information content (AvgIpc) is 2.50. The summed E-state index contributed by atoms with van der Waals surface area (Å²) in [6.45, 7) is 6.58. The Kier molecular flexibility index (Phi) is 5.51. The summed E-state index contributed by atoms with van der Waals surface area (Å²) in [6, 6.07) is 6.46. The lowest BCUT2D eigenvalue weighted by Gasteiger charge is -2.32. The normalized spacial score (nSPS) is 17.9. The molecule has 0 bridgehead atoms. The zero-order valence-electron chi connectivity index (χ0n) is 13.1.